The largest absolute Gasteiger partial charge is 0.0842 e. The van der Waals surface area contributed by atoms with Crippen molar-refractivity contribution in [2.45, 2.75) is 12.8 Å². The lowest BCUT2D eigenvalue weighted by Gasteiger charge is -2.26. The highest BCUT2D eigenvalue weighted by molar-refractivity contribution is 6.42. The Morgan fingerprint density at radius 1 is 0.464 bits per heavy atom. The smallest absolute Gasteiger partial charge is 0.0477 e. The summed E-state index contributed by atoms with van der Waals surface area (Å²) in [5.41, 5.74) is 2.54. The molecule has 0 saturated heterocycles. The first-order valence-electron chi connectivity index (χ1n) is 7.84. The van der Waals surface area contributed by atoms with Gasteiger partial charge >= 0.3 is 0 Å². The Labute approximate surface area is 203 Å². The van der Waals surface area contributed by atoms with Gasteiger partial charge in [-0.1, -0.05) is 92.8 Å². The van der Waals surface area contributed by atoms with E-state index in [1.807, 2.05) is 6.92 Å². The Balaban J connectivity index is 2.45. The molecule has 146 valence electrons. The molecule has 0 spiro atoms. The summed E-state index contributed by atoms with van der Waals surface area (Å²) >= 11 is 51.5. The fourth-order valence-corrected chi connectivity index (χ4v) is 5.96. The van der Waals surface area contributed by atoms with Gasteiger partial charge in [0.05, 0.1) is 0 Å². The summed E-state index contributed by atoms with van der Waals surface area (Å²) in [7, 11) is 0. The number of benzene rings is 3. The number of hydrogen-bond acceptors (Lipinski definition) is 0. The van der Waals surface area contributed by atoms with Crippen molar-refractivity contribution >= 4 is 92.8 Å². The highest BCUT2D eigenvalue weighted by Gasteiger charge is 2.30. The minimum Gasteiger partial charge on any atom is -0.0842 e. The van der Waals surface area contributed by atoms with Crippen molar-refractivity contribution in [3.05, 3.63) is 98.8 Å². The maximum Gasteiger partial charge on any atom is 0.0477 e. The predicted octanol–water partition coefficient (Wildman–Crippen LogP) is 10.4. The second kappa shape index (κ2) is 9.00. The SMILES string of the molecule is Cc1cc(Cl)c(C(c2c(Cl)cc(Cl)cc2Cl)c2c(Cl)cc(Cl)cc2Cl)c(Cl)c1. The van der Waals surface area contributed by atoms with Crippen LogP contribution in [0.15, 0.2) is 36.4 Å². The Bertz CT molecular complexity index is 868. The molecule has 0 amide bonds. The van der Waals surface area contributed by atoms with Gasteiger partial charge in [-0.05, 0) is 48.9 Å². The summed E-state index contributed by atoms with van der Waals surface area (Å²) in [6, 6.07) is 9.95. The molecule has 3 rings (SSSR count). The Morgan fingerprint density at radius 2 is 0.714 bits per heavy atom. The molecule has 8 heteroatoms. The molecule has 0 heterocycles. The van der Waals surface area contributed by atoms with E-state index in [4.69, 9.17) is 92.8 Å². The van der Waals surface area contributed by atoms with Gasteiger partial charge in [-0.3, -0.25) is 0 Å². The molecule has 0 N–H and O–H groups in total. The molecule has 0 radical (unpaired) electrons. The Morgan fingerprint density at radius 3 is 1.00 bits per heavy atom. The van der Waals surface area contributed by atoms with E-state index in [2.05, 4.69) is 0 Å². The second-order valence-corrected chi connectivity index (χ2v) is 9.46. The monoisotopic (exact) mass is 530 g/mol. The molecule has 0 aliphatic carbocycles. The molecule has 0 atom stereocenters. The van der Waals surface area contributed by atoms with E-state index >= 15 is 0 Å². The first-order chi connectivity index (χ1) is 13.1. The lowest BCUT2D eigenvalue weighted by molar-refractivity contribution is 0.977. The molecule has 3 aromatic carbocycles. The highest BCUT2D eigenvalue weighted by Crippen LogP contribution is 2.50. The van der Waals surface area contributed by atoms with Gasteiger partial charge in [0.1, 0.15) is 0 Å². The van der Waals surface area contributed by atoms with Gasteiger partial charge in [-0.15, -0.1) is 0 Å². The minimum absolute atomic E-state index is 0.331. The molecule has 0 fully saturated rings. The van der Waals surface area contributed by atoms with Gasteiger partial charge in [-0.25, -0.2) is 0 Å². The van der Waals surface area contributed by atoms with Crippen LogP contribution in [0.3, 0.4) is 0 Å². The lowest BCUT2D eigenvalue weighted by Crippen LogP contribution is -2.09. The van der Waals surface area contributed by atoms with Gasteiger partial charge in [0, 0.05) is 62.8 Å². The molecule has 0 nitrogen and oxygen atoms in total. The van der Waals surface area contributed by atoms with Gasteiger partial charge in [0.2, 0.25) is 0 Å². The van der Waals surface area contributed by atoms with E-state index in [1.165, 1.54) is 0 Å². The third kappa shape index (κ3) is 4.51. The maximum atomic E-state index is 6.59. The lowest BCUT2D eigenvalue weighted by atomic mass is 9.84. The first-order valence-corrected chi connectivity index (χ1v) is 10.9. The number of aryl methyl sites for hydroxylation is 1. The highest BCUT2D eigenvalue weighted by atomic mass is 35.5. The molecular weight excluding hydrogens is 524 g/mol. The van der Waals surface area contributed by atoms with Crippen LogP contribution in [0.5, 0.6) is 0 Å². The van der Waals surface area contributed by atoms with Crippen LogP contribution in [0.4, 0.5) is 0 Å². The summed E-state index contributed by atoms with van der Waals surface area (Å²) in [5, 5.41) is 2.97. The summed E-state index contributed by atoms with van der Waals surface area (Å²) in [6.45, 7) is 1.89. The van der Waals surface area contributed by atoms with Crippen molar-refractivity contribution in [2.24, 2.45) is 0 Å². The zero-order valence-electron chi connectivity index (χ0n) is 14.1. The summed E-state index contributed by atoms with van der Waals surface area (Å²) in [5.74, 6) is -0.643. The zero-order chi connectivity index (χ0) is 20.7. The molecule has 0 aromatic heterocycles. The van der Waals surface area contributed by atoms with Gasteiger partial charge in [-0.2, -0.15) is 0 Å². The summed E-state index contributed by atoms with van der Waals surface area (Å²) in [6.07, 6.45) is 0. The van der Waals surface area contributed by atoms with Crippen LogP contribution in [-0.4, -0.2) is 0 Å². The summed E-state index contributed by atoms with van der Waals surface area (Å²) in [4.78, 5) is 0. The van der Waals surface area contributed by atoms with Crippen molar-refractivity contribution in [3.8, 4) is 0 Å². The summed E-state index contributed by atoms with van der Waals surface area (Å²) < 4.78 is 0. The molecular formula is C20H10Cl8. The van der Waals surface area contributed by atoms with Gasteiger partial charge in [0.25, 0.3) is 0 Å². The normalized spacial score (nSPS) is 11.4. The minimum atomic E-state index is -0.643. The molecule has 0 aliphatic heterocycles. The topological polar surface area (TPSA) is 0 Å². The number of halogens is 8. The average Bonchev–Trinajstić information content (AvgIpc) is 2.51. The van der Waals surface area contributed by atoms with E-state index in [1.54, 1.807) is 36.4 Å². The predicted molar refractivity (Wildman–Crippen MR) is 125 cm³/mol. The Hall–Kier alpha value is -0.0200. The third-order valence-electron chi connectivity index (χ3n) is 4.18. The van der Waals surface area contributed by atoms with Crippen LogP contribution in [0, 0.1) is 6.92 Å². The van der Waals surface area contributed by atoms with E-state index in [0.717, 1.165) is 5.56 Å². The second-order valence-electron chi connectivity index (χ2n) is 6.14. The third-order valence-corrected chi connectivity index (χ3v) is 6.49. The first kappa shape index (κ1) is 22.7. The molecule has 0 bridgehead atoms. The number of rotatable bonds is 3. The molecule has 28 heavy (non-hydrogen) atoms. The van der Waals surface area contributed by atoms with Crippen LogP contribution < -0.4 is 0 Å². The van der Waals surface area contributed by atoms with Gasteiger partial charge < -0.3 is 0 Å². The molecule has 0 saturated carbocycles. The fourth-order valence-electron chi connectivity index (χ4n) is 3.08. The van der Waals surface area contributed by atoms with Crippen LogP contribution in [0.1, 0.15) is 28.2 Å². The van der Waals surface area contributed by atoms with Crippen molar-refractivity contribution in [3.63, 3.8) is 0 Å². The molecule has 0 unspecified atom stereocenters. The molecule has 3 aromatic rings. The van der Waals surface area contributed by atoms with Crippen molar-refractivity contribution in [2.75, 3.05) is 0 Å². The quantitative estimate of drug-likeness (QED) is 0.294. The standard InChI is InChI=1S/C20H10Cl8/c1-8-2-11(23)17(12(24)3-8)20(18-13(25)4-9(21)5-14(18)26)19-15(27)6-10(22)7-16(19)28/h2-7,20H,1H3. The van der Waals surface area contributed by atoms with Crippen LogP contribution in [-0.2, 0) is 0 Å². The van der Waals surface area contributed by atoms with Crippen molar-refractivity contribution in [1.82, 2.24) is 0 Å². The fraction of sp³-hybridized carbons (Fsp3) is 0.100. The van der Waals surface area contributed by atoms with E-state index in [-0.39, 0.29) is 0 Å². The van der Waals surface area contributed by atoms with Crippen molar-refractivity contribution < 1.29 is 0 Å². The van der Waals surface area contributed by atoms with Crippen LogP contribution in [0.2, 0.25) is 40.2 Å². The van der Waals surface area contributed by atoms with Crippen LogP contribution >= 0.6 is 92.8 Å². The van der Waals surface area contributed by atoms with E-state index in [0.29, 0.717) is 56.9 Å². The number of hydrogen-bond donors (Lipinski definition) is 0. The Kier molecular flexibility index (Phi) is 7.28. The van der Waals surface area contributed by atoms with Crippen molar-refractivity contribution in [1.29, 1.82) is 0 Å². The van der Waals surface area contributed by atoms with E-state index < -0.39 is 5.92 Å². The maximum absolute atomic E-state index is 6.59. The van der Waals surface area contributed by atoms with E-state index in [9.17, 15) is 0 Å². The van der Waals surface area contributed by atoms with Gasteiger partial charge in [0.15, 0.2) is 0 Å². The van der Waals surface area contributed by atoms with Crippen LogP contribution in [0.25, 0.3) is 0 Å². The zero-order valence-corrected chi connectivity index (χ0v) is 20.1. The molecule has 0 aliphatic rings. The average molecular weight is 534 g/mol.